The van der Waals surface area contributed by atoms with Gasteiger partial charge in [-0.05, 0) is 6.42 Å². The van der Waals surface area contributed by atoms with Crippen LogP contribution < -0.4 is 5.32 Å². The minimum absolute atomic E-state index is 0.284. The van der Waals surface area contributed by atoms with Crippen molar-refractivity contribution in [3.63, 3.8) is 0 Å². The third-order valence-electron chi connectivity index (χ3n) is 1.24. The summed E-state index contributed by atoms with van der Waals surface area (Å²) >= 11 is 5.30. The Morgan fingerprint density at radius 1 is 1.54 bits per heavy atom. The molecule has 0 aliphatic carbocycles. The molecule has 0 aliphatic rings. The van der Waals surface area contributed by atoms with E-state index < -0.39 is 6.09 Å². The summed E-state index contributed by atoms with van der Waals surface area (Å²) in [6, 6.07) is 0. The molecule has 0 saturated heterocycles. The summed E-state index contributed by atoms with van der Waals surface area (Å²) in [7, 11) is 0. The number of hydrogen-bond donors (Lipinski definition) is 1. The molecule has 0 bridgehead atoms. The maximum Gasteiger partial charge on any atom is 0.407 e. The van der Waals surface area contributed by atoms with Gasteiger partial charge in [-0.3, -0.25) is 0 Å². The number of hydrogen-bond acceptors (Lipinski definition) is 2. The Bertz CT molecular complexity index is 196. The number of carbonyl (C=O) groups excluding carboxylic acids is 1. The maximum atomic E-state index is 10.8. The zero-order chi connectivity index (χ0) is 9.94. The molecule has 1 amide bonds. The number of alkyl halides is 1. The van der Waals surface area contributed by atoms with Crippen molar-refractivity contribution < 1.29 is 9.53 Å². The molecule has 4 heteroatoms. The van der Waals surface area contributed by atoms with Crippen LogP contribution in [0.1, 0.15) is 19.8 Å². The summed E-state index contributed by atoms with van der Waals surface area (Å²) in [5.41, 5.74) is 0. The first-order chi connectivity index (χ1) is 6.31. The lowest BCUT2D eigenvalue weighted by atomic mass is 10.4. The summed E-state index contributed by atoms with van der Waals surface area (Å²) in [6.07, 6.45) is 1.48. The van der Waals surface area contributed by atoms with Gasteiger partial charge in [0.15, 0.2) is 0 Å². The van der Waals surface area contributed by atoms with Gasteiger partial charge < -0.3 is 10.1 Å². The van der Waals surface area contributed by atoms with E-state index in [-0.39, 0.29) is 12.4 Å². The zero-order valence-electron chi connectivity index (χ0n) is 7.73. The highest BCUT2D eigenvalue weighted by Gasteiger charge is 1.97. The van der Waals surface area contributed by atoms with E-state index in [9.17, 15) is 4.79 Å². The fourth-order valence-electron chi connectivity index (χ4n) is 0.586. The fourth-order valence-corrected chi connectivity index (χ4v) is 0.681. The molecule has 0 aliphatic heterocycles. The number of ether oxygens (including phenoxy) is 1. The van der Waals surface area contributed by atoms with Crippen LogP contribution in [0, 0.1) is 11.8 Å². The van der Waals surface area contributed by atoms with Gasteiger partial charge in [0.25, 0.3) is 0 Å². The van der Waals surface area contributed by atoms with Crippen molar-refractivity contribution >= 4 is 17.7 Å². The van der Waals surface area contributed by atoms with E-state index >= 15 is 0 Å². The normalized spacial score (nSPS) is 8.46. The van der Waals surface area contributed by atoms with Gasteiger partial charge in [0.1, 0.15) is 0 Å². The zero-order valence-corrected chi connectivity index (χ0v) is 8.49. The average molecular weight is 204 g/mol. The standard InChI is InChI=1S/C9H14ClNO2/c1-2-3-8-13-9(12)11-7-5-4-6-10/h2-3,6-8H2,1H3,(H,11,12). The lowest BCUT2D eigenvalue weighted by molar-refractivity contribution is 0.146. The van der Waals surface area contributed by atoms with E-state index in [1.165, 1.54) is 0 Å². The Labute approximate surface area is 83.8 Å². The maximum absolute atomic E-state index is 10.8. The third kappa shape index (κ3) is 9.03. The Kier molecular flexibility index (Phi) is 8.59. The van der Waals surface area contributed by atoms with Gasteiger partial charge >= 0.3 is 6.09 Å². The molecule has 0 spiro atoms. The van der Waals surface area contributed by atoms with Crippen LogP contribution in [0.15, 0.2) is 0 Å². The van der Waals surface area contributed by atoms with Crippen LogP contribution in [0.2, 0.25) is 0 Å². The smallest absolute Gasteiger partial charge is 0.407 e. The van der Waals surface area contributed by atoms with Gasteiger partial charge in [-0.2, -0.15) is 0 Å². The first-order valence-electron chi connectivity index (χ1n) is 4.23. The Balaban J connectivity index is 3.30. The molecular formula is C9H14ClNO2. The van der Waals surface area contributed by atoms with Gasteiger partial charge in [-0.25, -0.2) is 4.79 Å². The number of carbonyl (C=O) groups is 1. The van der Waals surface area contributed by atoms with Crippen molar-refractivity contribution in [3.8, 4) is 11.8 Å². The Morgan fingerprint density at radius 3 is 2.92 bits per heavy atom. The monoisotopic (exact) mass is 203 g/mol. The summed E-state index contributed by atoms with van der Waals surface area (Å²) in [5, 5.41) is 2.48. The average Bonchev–Trinajstić information content (AvgIpc) is 2.13. The van der Waals surface area contributed by atoms with Gasteiger partial charge in [0, 0.05) is 0 Å². The summed E-state index contributed by atoms with van der Waals surface area (Å²) in [5.74, 6) is 5.56. The quantitative estimate of drug-likeness (QED) is 0.430. The number of halogens is 1. The van der Waals surface area contributed by atoms with Crippen LogP contribution in [0.3, 0.4) is 0 Å². The lowest BCUT2D eigenvalue weighted by Gasteiger charge is -2.02. The fraction of sp³-hybridized carbons (Fsp3) is 0.667. The molecule has 1 N–H and O–H groups in total. The van der Waals surface area contributed by atoms with E-state index in [1.807, 2.05) is 6.92 Å². The van der Waals surface area contributed by atoms with Gasteiger partial charge in [-0.15, -0.1) is 11.6 Å². The first kappa shape index (κ1) is 12.1. The first-order valence-corrected chi connectivity index (χ1v) is 4.77. The van der Waals surface area contributed by atoms with E-state index in [2.05, 4.69) is 17.2 Å². The Morgan fingerprint density at radius 2 is 2.31 bits per heavy atom. The van der Waals surface area contributed by atoms with Crippen molar-refractivity contribution in [1.82, 2.24) is 5.32 Å². The molecule has 0 unspecified atom stereocenters. The van der Waals surface area contributed by atoms with Gasteiger partial charge in [-0.1, -0.05) is 25.2 Å². The molecule has 0 saturated carbocycles. The van der Waals surface area contributed by atoms with Crippen LogP contribution in [0.25, 0.3) is 0 Å². The second-order valence-electron chi connectivity index (χ2n) is 2.33. The predicted octanol–water partition coefficient (Wildman–Crippen LogP) is 1.75. The summed E-state index contributed by atoms with van der Waals surface area (Å²) in [4.78, 5) is 10.8. The van der Waals surface area contributed by atoms with Crippen LogP contribution in [-0.2, 0) is 4.74 Å². The lowest BCUT2D eigenvalue weighted by Crippen LogP contribution is -2.24. The number of unbranched alkanes of at least 4 members (excludes halogenated alkanes) is 1. The van der Waals surface area contributed by atoms with Crippen LogP contribution in [0.4, 0.5) is 4.79 Å². The molecule has 0 rings (SSSR count). The largest absolute Gasteiger partial charge is 0.450 e. The van der Waals surface area contributed by atoms with Crippen molar-refractivity contribution in [1.29, 1.82) is 0 Å². The summed E-state index contributed by atoms with van der Waals surface area (Å²) in [6.45, 7) is 2.79. The van der Waals surface area contributed by atoms with Crippen LogP contribution in [-0.4, -0.2) is 25.1 Å². The van der Waals surface area contributed by atoms with Gasteiger partial charge in [0.05, 0.1) is 19.0 Å². The highest BCUT2D eigenvalue weighted by Crippen LogP contribution is 1.87. The number of amides is 1. The third-order valence-corrected chi connectivity index (χ3v) is 1.38. The SMILES string of the molecule is CCCCOC(=O)NCC#CCCl. The van der Waals surface area contributed by atoms with Crippen molar-refractivity contribution in [3.05, 3.63) is 0 Å². The van der Waals surface area contributed by atoms with Crippen molar-refractivity contribution in [2.75, 3.05) is 19.0 Å². The predicted molar refractivity (Wildman–Crippen MR) is 52.8 cm³/mol. The Hall–Kier alpha value is -0.880. The molecule has 3 nitrogen and oxygen atoms in total. The number of nitrogens with one attached hydrogen (secondary N) is 1. The molecule has 0 fully saturated rings. The molecule has 0 aromatic rings. The second kappa shape index (κ2) is 9.21. The van der Waals surface area contributed by atoms with E-state index in [4.69, 9.17) is 16.3 Å². The molecule has 13 heavy (non-hydrogen) atoms. The highest BCUT2D eigenvalue weighted by molar-refractivity contribution is 6.19. The summed E-state index contributed by atoms with van der Waals surface area (Å²) < 4.78 is 4.81. The molecule has 0 radical (unpaired) electrons. The van der Waals surface area contributed by atoms with Gasteiger partial charge in [0.2, 0.25) is 0 Å². The molecule has 0 atom stereocenters. The second-order valence-corrected chi connectivity index (χ2v) is 2.60. The minimum Gasteiger partial charge on any atom is -0.450 e. The van der Waals surface area contributed by atoms with E-state index in [1.54, 1.807) is 0 Å². The molecule has 0 heterocycles. The highest BCUT2D eigenvalue weighted by atomic mass is 35.5. The van der Waals surface area contributed by atoms with Crippen LogP contribution in [0.5, 0.6) is 0 Å². The molecule has 74 valence electrons. The van der Waals surface area contributed by atoms with Crippen molar-refractivity contribution in [2.24, 2.45) is 0 Å². The van der Waals surface area contributed by atoms with Crippen molar-refractivity contribution in [2.45, 2.75) is 19.8 Å². The topological polar surface area (TPSA) is 38.3 Å². The van der Waals surface area contributed by atoms with Crippen LogP contribution >= 0.6 is 11.6 Å². The molecule has 0 aromatic heterocycles. The molecule has 0 aromatic carbocycles. The van der Waals surface area contributed by atoms with E-state index in [0.29, 0.717) is 6.61 Å². The number of rotatable bonds is 4. The number of alkyl carbamates (subject to hydrolysis) is 1. The van der Waals surface area contributed by atoms with E-state index in [0.717, 1.165) is 12.8 Å². The minimum atomic E-state index is -0.419. The molecular weight excluding hydrogens is 190 g/mol.